The summed E-state index contributed by atoms with van der Waals surface area (Å²) in [7, 11) is 0. The lowest BCUT2D eigenvalue weighted by Gasteiger charge is -2.58. The molecule has 0 amide bonds. The highest BCUT2D eigenvalue weighted by Crippen LogP contribution is 2.67. The van der Waals surface area contributed by atoms with E-state index in [9.17, 15) is 4.79 Å². The van der Waals surface area contributed by atoms with E-state index in [0.29, 0.717) is 40.9 Å². The van der Waals surface area contributed by atoms with Gasteiger partial charge in [-0.15, -0.1) is 0 Å². The molecule has 0 saturated heterocycles. The summed E-state index contributed by atoms with van der Waals surface area (Å²) in [6, 6.07) is 0. The number of rotatable bonds is 19. The number of hydrogen-bond acceptors (Lipinski definition) is 2. The molecule has 48 heavy (non-hydrogen) atoms. The van der Waals surface area contributed by atoms with Crippen molar-refractivity contribution in [3.05, 3.63) is 48.1 Å². The van der Waals surface area contributed by atoms with Gasteiger partial charge in [0.25, 0.3) is 0 Å². The van der Waals surface area contributed by atoms with Gasteiger partial charge in [0, 0.05) is 6.42 Å². The van der Waals surface area contributed by atoms with Crippen molar-refractivity contribution in [3.8, 4) is 0 Å². The molecule has 0 aromatic rings. The topological polar surface area (TPSA) is 26.3 Å². The van der Waals surface area contributed by atoms with Gasteiger partial charge in [0.05, 0.1) is 0 Å². The molecule has 0 bridgehead atoms. The van der Waals surface area contributed by atoms with Crippen LogP contribution in [0.15, 0.2) is 48.1 Å². The van der Waals surface area contributed by atoms with Gasteiger partial charge in [0.2, 0.25) is 0 Å². The van der Waals surface area contributed by atoms with Crippen LogP contribution in [0.4, 0.5) is 0 Å². The third-order valence-electron chi connectivity index (χ3n) is 14.1. The van der Waals surface area contributed by atoms with Crippen molar-refractivity contribution in [2.24, 2.45) is 52.3 Å². The van der Waals surface area contributed by atoms with Gasteiger partial charge in [0.15, 0.2) is 0 Å². The Hall–Kier alpha value is -1.57. The molecule has 0 spiro atoms. The Morgan fingerprint density at radius 3 is 2.21 bits per heavy atom. The van der Waals surface area contributed by atoms with E-state index in [2.05, 4.69) is 91.0 Å². The van der Waals surface area contributed by atoms with E-state index in [0.717, 1.165) is 49.9 Å². The molecule has 4 rings (SSSR count). The lowest BCUT2D eigenvalue weighted by molar-refractivity contribution is -0.155. The number of ether oxygens (including phenoxy) is 1. The summed E-state index contributed by atoms with van der Waals surface area (Å²) in [4.78, 5) is 12.8. The minimum Gasteiger partial charge on any atom is -0.462 e. The fraction of sp³-hybridized carbons (Fsp3) is 0.804. The summed E-state index contributed by atoms with van der Waals surface area (Å²) in [5, 5.41) is 0. The number of fused-ring (bicyclic) bond motifs is 5. The smallest absolute Gasteiger partial charge is 0.306 e. The zero-order valence-corrected chi connectivity index (χ0v) is 32.6. The molecule has 3 saturated carbocycles. The SMILES string of the molecule is CCCCC/C=C\C/C=C\CCCCCCCC(=O)OC1CC[C@@]2(C)C(CC=C3C2CC[C@@]2(C)C3CC[C@@H]2[C@H](C)/C=C/[C@H](C)C(C)C)C1. The van der Waals surface area contributed by atoms with E-state index in [-0.39, 0.29) is 12.1 Å². The van der Waals surface area contributed by atoms with Crippen LogP contribution in [-0.4, -0.2) is 12.1 Å². The maximum absolute atomic E-state index is 12.8. The van der Waals surface area contributed by atoms with Crippen molar-refractivity contribution in [2.75, 3.05) is 0 Å². The molecule has 4 aliphatic rings. The summed E-state index contributed by atoms with van der Waals surface area (Å²) in [6.45, 7) is 17.1. The summed E-state index contributed by atoms with van der Waals surface area (Å²) < 4.78 is 6.14. The van der Waals surface area contributed by atoms with Gasteiger partial charge in [-0.25, -0.2) is 0 Å². The van der Waals surface area contributed by atoms with E-state index < -0.39 is 0 Å². The second kappa shape index (κ2) is 19.2. The van der Waals surface area contributed by atoms with Crippen LogP contribution in [0, 0.1) is 52.3 Å². The average molecular weight is 661 g/mol. The number of esters is 1. The highest BCUT2D eigenvalue weighted by atomic mass is 16.5. The first-order valence-corrected chi connectivity index (χ1v) is 21.0. The molecule has 0 radical (unpaired) electrons. The Bertz CT molecular complexity index is 1090. The van der Waals surface area contributed by atoms with Crippen molar-refractivity contribution in [1.29, 1.82) is 0 Å². The molecule has 0 N–H and O–H groups in total. The van der Waals surface area contributed by atoms with Gasteiger partial charge < -0.3 is 4.74 Å². The Kier molecular flexibility index (Phi) is 15.6. The van der Waals surface area contributed by atoms with Gasteiger partial charge in [0.1, 0.15) is 6.10 Å². The Morgan fingerprint density at radius 1 is 0.812 bits per heavy atom. The molecule has 272 valence electrons. The summed E-state index contributed by atoms with van der Waals surface area (Å²) in [5.74, 6) is 5.07. The molecule has 0 aromatic heterocycles. The highest BCUT2D eigenvalue weighted by Gasteiger charge is 2.58. The Morgan fingerprint density at radius 2 is 1.48 bits per heavy atom. The molecular formula is C46H76O2. The van der Waals surface area contributed by atoms with Crippen LogP contribution in [0.2, 0.25) is 0 Å². The van der Waals surface area contributed by atoms with Crippen molar-refractivity contribution in [2.45, 2.75) is 183 Å². The number of carbonyl (C=O) groups is 1. The third kappa shape index (κ3) is 10.2. The van der Waals surface area contributed by atoms with Crippen LogP contribution < -0.4 is 0 Å². The number of hydrogen-bond donors (Lipinski definition) is 0. The molecule has 4 aliphatic carbocycles. The lowest BCUT2D eigenvalue weighted by Crippen LogP contribution is -2.50. The molecule has 9 atom stereocenters. The Balaban J connectivity index is 1.15. The second-order valence-electron chi connectivity index (χ2n) is 17.7. The zero-order valence-electron chi connectivity index (χ0n) is 32.6. The normalized spacial score (nSPS) is 33.2. The minimum absolute atomic E-state index is 0.0534. The molecule has 2 heteroatoms. The molecule has 2 nitrogen and oxygen atoms in total. The van der Waals surface area contributed by atoms with Crippen LogP contribution in [0.1, 0.15) is 177 Å². The molecule has 0 aromatic carbocycles. The summed E-state index contributed by atoms with van der Waals surface area (Å²) in [6.07, 6.45) is 41.2. The van der Waals surface area contributed by atoms with E-state index in [1.807, 2.05) is 5.57 Å². The van der Waals surface area contributed by atoms with E-state index >= 15 is 0 Å². The molecule has 3 fully saturated rings. The van der Waals surface area contributed by atoms with Crippen molar-refractivity contribution < 1.29 is 9.53 Å². The first-order valence-electron chi connectivity index (χ1n) is 21.0. The molecule has 0 aliphatic heterocycles. The fourth-order valence-corrected chi connectivity index (χ4v) is 10.5. The number of carbonyl (C=O) groups excluding carboxylic acids is 1. The van der Waals surface area contributed by atoms with Crippen molar-refractivity contribution in [1.82, 2.24) is 0 Å². The van der Waals surface area contributed by atoms with Gasteiger partial charge in [-0.05, 0) is 142 Å². The molecule has 4 unspecified atom stereocenters. The number of unbranched alkanes of at least 4 members (excludes halogenated alkanes) is 8. The zero-order chi connectivity index (χ0) is 34.6. The Labute approximate surface area is 298 Å². The van der Waals surface area contributed by atoms with Crippen molar-refractivity contribution >= 4 is 5.97 Å². The van der Waals surface area contributed by atoms with Crippen LogP contribution in [0.3, 0.4) is 0 Å². The van der Waals surface area contributed by atoms with E-state index in [4.69, 9.17) is 4.74 Å². The first kappa shape index (κ1) is 39.2. The van der Waals surface area contributed by atoms with Gasteiger partial charge in [-0.1, -0.05) is 129 Å². The fourth-order valence-electron chi connectivity index (χ4n) is 10.5. The predicted octanol–water partition coefficient (Wildman–Crippen LogP) is 13.8. The first-order chi connectivity index (χ1) is 23.1. The van der Waals surface area contributed by atoms with Crippen LogP contribution in [-0.2, 0) is 9.53 Å². The second-order valence-corrected chi connectivity index (χ2v) is 17.7. The molecule has 0 heterocycles. The highest BCUT2D eigenvalue weighted by molar-refractivity contribution is 5.69. The van der Waals surface area contributed by atoms with Gasteiger partial charge in [-0.2, -0.15) is 0 Å². The lowest BCUT2D eigenvalue weighted by atomic mass is 9.47. The predicted molar refractivity (Wildman–Crippen MR) is 207 cm³/mol. The van der Waals surface area contributed by atoms with Gasteiger partial charge >= 0.3 is 5.97 Å². The van der Waals surface area contributed by atoms with E-state index in [1.165, 1.54) is 89.9 Å². The average Bonchev–Trinajstić information content (AvgIpc) is 3.42. The maximum atomic E-state index is 12.8. The monoisotopic (exact) mass is 661 g/mol. The quantitative estimate of drug-likeness (QED) is 0.0783. The van der Waals surface area contributed by atoms with Crippen LogP contribution in [0.5, 0.6) is 0 Å². The third-order valence-corrected chi connectivity index (χ3v) is 14.1. The maximum Gasteiger partial charge on any atom is 0.306 e. The van der Waals surface area contributed by atoms with E-state index in [1.54, 1.807) is 0 Å². The molecular weight excluding hydrogens is 585 g/mol. The number of allylic oxidation sites excluding steroid dienone is 8. The van der Waals surface area contributed by atoms with Crippen LogP contribution >= 0.6 is 0 Å². The summed E-state index contributed by atoms with van der Waals surface area (Å²) >= 11 is 0. The summed E-state index contributed by atoms with van der Waals surface area (Å²) in [5.41, 5.74) is 2.67. The van der Waals surface area contributed by atoms with Gasteiger partial charge in [-0.3, -0.25) is 4.79 Å². The minimum atomic E-state index is 0.0534. The van der Waals surface area contributed by atoms with Crippen molar-refractivity contribution in [3.63, 3.8) is 0 Å². The van der Waals surface area contributed by atoms with Crippen LogP contribution in [0.25, 0.3) is 0 Å². The largest absolute Gasteiger partial charge is 0.462 e. The standard InChI is InChI=1S/C46H76O2/c1-8-9-10-11-12-13-14-15-16-17-18-19-20-21-22-23-44(47)48-39-30-32-45(6)38(34-39)26-27-40-42-29-28-41(46(42,7)33-31-43(40)45)37(5)25-24-36(4)35(2)3/h12-13,15-16,24-25,27,35-39,41-43H,8-11,14,17-23,26,28-34H2,1-7H3/b13-12-,16-15-,25-24+/t36-,37+,38?,39?,41+,42?,43?,45-,46+/m0/s1.